The Morgan fingerprint density at radius 1 is 1.88 bits per heavy atom. The number of nitrogens with zero attached hydrogens (tertiary/aromatic N) is 1. The zero-order valence-corrected chi connectivity index (χ0v) is 4.76. The van der Waals surface area contributed by atoms with Crippen LogP contribution in [0.1, 0.15) is 0 Å². The van der Waals surface area contributed by atoms with E-state index in [1.54, 1.807) is 7.05 Å². The van der Waals surface area contributed by atoms with E-state index in [2.05, 4.69) is 15.8 Å². The molecule has 0 bridgehead atoms. The fraction of sp³-hybridized carbons (Fsp3) is 0.750. The number of primary amides is 1. The van der Waals surface area contributed by atoms with Crippen molar-refractivity contribution in [3.05, 3.63) is 0 Å². The third-order valence-corrected chi connectivity index (χ3v) is 0.559. The lowest BCUT2D eigenvalue weighted by molar-refractivity contribution is 0.158. The summed E-state index contributed by atoms with van der Waals surface area (Å²) in [4.78, 5) is 9.83. The summed E-state index contributed by atoms with van der Waals surface area (Å²) in [5.41, 5.74) is 4.63. The molecule has 0 fully saturated rings. The van der Waals surface area contributed by atoms with Crippen LogP contribution in [0.5, 0.6) is 0 Å². The maximum absolute atomic E-state index is 9.83. The third-order valence-electron chi connectivity index (χ3n) is 0.559. The Kier molecular flexibility index (Phi) is 3.97. The quantitative estimate of drug-likeness (QED) is 0.497. The van der Waals surface area contributed by atoms with E-state index < -0.39 is 6.09 Å². The van der Waals surface area contributed by atoms with Crippen LogP contribution in [0.3, 0.4) is 0 Å². The predicted molar refractivity (Wildman–Crippen MR) is 28.5 cm³/mol. The number of carbonyl (C=O) groups is 1. The summed E-state index contributed by atoms with van der Waals surface area (Å²) in [5.74, 6) is 0. The average Bonchev–Trinajstić information content (AvgIpc) is 1.66. The Balaban J connectivity index is 2.82. The normalized spacial score (nSPS) is 8.62. The molecular weight excluding hydrogens is 108 g/mol. The molecule has 8 heavy (non-hydrogen) atoms. The number of nitrogens with two attached hydrogens (primary N) is 1. The first-order chi connectivity index (χ1) is 3.77. The molecule has 0 aromatic rings. The maximum Gasteiger partial charge on any atom is 0.404 e. The predicted octanol–water partition coefficient (Wildman–Crippen LogP) is -0.684. The van der Waals surface area contributed by atoms with E-state index in [-0.39, 0.29) is 6.61 Å². The maximum atomic E-state index is 9.83. The van der Waals surface area contributed by atoms with Gasteiger partial charge in [0.05, 0.1) is 0 Å². The van der Waals surface area contributed by atoms with Gasteiger partial charge in [-0.25, -0.2) is 10.1 Å². The summed E-state index contributed by atoms with van der Waals surface area (Å²) in [6, 6.07) is 0. The summed E-state index contributed by atoms with van der Waals surface area (Å²) in [6.07, 6.45) is -0.742. The summed E-state index contributed by atoms with van der Waals surface area (Å²) in [6.45, 7) is 0.800. The number of ether oxygens (including phenoxy) is 1. The van der Waals surface area contributed by atoms with Gasteiger partial charge in [0, 0.05) is 13.6 Å². The molecule has 1 radical (unpaired) electrons. The Labute approximate surface area is 48.0 Å². The van der Waals surface area contributed by atoms with E-state index in [1.165, 1.54) is 0 Å². The van der Waals surface area contributed by atoms with Gasteiger partial charge in [-0.3, -0.25) is 0 Å². The fourth-order valence-corrected chi connectivity index (χ4v) is 0.238. The van der Waals surface area contributed by atoms with Gasteiger partial charge >= 0.3 is 6.09 Å². The van der Waals surface area contributed by atoms with E-state index in [0.29, 0.717) is 6.54 Å². The Bertz CT molecular complexity index is 74.4. The molecule has 0 heterocycles. The van der Waals surface area contributed by atoms with Crippen LogP contribution in [-0.2, 0) is 4.74 Å². The smallest absolute Gasteiger partial charge is 0.404 e. The van der Waals surface area contributed by atoms with E-state index >= 15 is 0 Å². The Morgan fingerprint density at radius 3 is 2.88 bits per heavy atom. The van der Waals surface area contributed by atoms with Gasteiger partial charge in [0.1, 0.15) is 6.61 Å². The SMILES string of the molecule is C[N]CCOC(N)=O. The van der Waals surface area contributed by atoms with Gasteiger partial charge in [-0.15, -0.1) is 0 Å². The highest BCUT2D eigenvalue weighted by Gasteiger charge is 1.88. The average molecular weight is 117 g/mol. The minimum absolute atomic E-state index is 0.284. The van der Waals surface area contributed by atoms with Crippen LogP contribution in [0.15, 0.2) is 0 Å². The van der Waals surface area contributed by atoms with Crippen molar-refractivity contribution in [2.45, 2.75) is 0 Å². The first-order valence-corrected chi connectivity index (χ1v) is 2.25. The van der Waals surface area contributed by atoms with Crippen molar-refractivity contribution in [2.24, 2.45) is 5.73 Å². The molecule has 4 heteroatoms. The molecule has 0 aliphatic carbocycles. The first-order valence-electron chi connectivity index (χ1n) is 2.25. The van der Waals surface area contributed by atoms with E-state index in [9.17, 15) is 4.79 Å². The Morgan fingerprint density at radius 2 is 2.50 bits per heavy atom. The highest BCUT2D eigenvalue weighted by Crippen LogP contribution is 1.69. The van der Waals surface area contributed by atoms with Crippen LogP contribution in [0, 0.1) is 0 Å². The van der Waals surface area contributed by atoms with Crippen LogP contribution in [-0.4, -0.2) is 26.3 Å². The number of likely N-dealkylation sites (N-methyl/N-ethyl adjacent to an activating group) is 1. The van der Waals surface area contributed by atoms with E-state index in [4.69, 9.17) is 0 Å². The number of hydrogen-bond acceptors (Lipinski definition) is 2. The highest BCUT2D eigenvalue weighted by molar-refractivity contribution is 5.64. The molecule has 0 rings (SSSR count). The summed E-state index contributed by atoms with van der Waals surface area (Å²) in [7, 11) is 1.64. The van der Waals surface area contributed by atoms with E-state index in [0.717, 1.165) is 0 Å². The molecule has 47 valence electrons. The lowest BCUT2D eigenvalue weighted by Gasteiger charge is -1.96. The topological polar surface area (TPSA) is 66.4 Å². The molecule has 2 N–H and O–H groups in total. The molecule has 0 aromatic carbocycles. The van der Waals surface area contributed by atoms with Gasteiger partial charge in [0.2, 0.25) is 0 Å². The molecule has 0 atom stereocenters. The standard InChI is InChI=1S/C4H9N2O2/c1-6-2-3-8-4(5)7/h2-3H2,1H3,(H2,5,7). The van der Waals surface area contributed by atoms with Gasteiger partial charge in [-0.05, 0) is 0 Å². The van der Waals surface area contributed by atoms with Crippen LogP contribution in [0.25, 0.3) is 0 Å². The molecule has 0 saturated heterocycles. The van der Waals surface area contributed by atoms with Crippen LogP contribution >= 0.6 is 0 Å². The van der Waals surface area contributed by atoms with Crippen molar-refractivity contribution in [2.75, 3.05) is 20.2 Å². The fourth-order valence-electron chi connectivity index (χ4n) is 0.238. The molecule has 0 aliphatic heterocycles. The zero-order valence-electron chi connectivity index (χ0n) is 4.76. The second-order valence-corrected chi connectivity index (χ2v) is 1.21. The van der Waals surface area contributed by atoms with Gasteiger partial charge < -0.3 is 10.5 Å². The summed E-state index contributed by atoms with van der Waals surface area (Å²) in [5, 5.41) is 3.67. The van der Waals surface area contributed by atoms with Crippen molar-refractivity contribution in [1.29, 1.82) is 0 Å². The van der Waals surface area contributed by atoms with Gasteiger partial charge in [0.15, 0.2) is 0 Å². The molecule has 0 spiro atoms. The van der Waals surface area contributed by atoms with Crippen LogP contribution in [0.4, 0.5) is 4.79 Å². The van der Waals surface area contributed by atoms with Crippen molar-refractivity contribution in [1.82, 2.24) is 5.32 Å². The molecular formula is C4H9N2O2. The van der Waals surface area contributed by atoms with Crippen LogP contribution in [0.2, 0.25) is 0 Å². The van der Waals surface area contributed by atoms with Crippen molar-refractivity contribution < 1.29 is 9.53 Å². The monoisotopic (exact) mass is 117 g/mol. The molecule has 0 saturated carbocycles. The number of carbonyl (C=O) groups excluding carboxylic acids is 1. The third kappa shape index (κ3) is 5.23. The molecule has 0 unspecified atom stereocenters. The van der Waals surface area contributed by atoms with Crippen molar-refractivity contribution in [3.63, 3.8) is 0 Å². The lowest BCUT2D eigenvalue weighted by atomic mass is 10.7. The lowest BCUT2D eigenvalue weighted by Crippen LogP contribution is -2.17. The summed E-state index contributed by atoms with van der Waals surface area (Å²) < 4.78 is 4.33. The number of amides is 1. The molecule has 0 aromatic heterocycles. The van der Waals surface area contributed by atoms with Crippen molar-refractivity contribution in [3.8, 4) is 0 Å². The number of hydrogen-bond donors (Lipinski definition) is 1. The molecule has 1 amide bonds. The Hall–Kier alpha value is -0.770. The second-order valence-electron chi connectivity index (χ2n) is 1.21. The van der Waals surface area contributed by atoms with Crippen LogP contribution < -0.4 is 11.1 Å². The minimum atomic E-state index is -0.742. The summed E-state index contributed by atoms with van der Waals surface area (Å²) >= 11 is 0. The van der Waals surface area contributed by atoms with E-state index in [1.807, 2.05) is 0 Å². The van der Waals surface area contributed by atoms with Crippen molar-refractivity contribution >= 4 is 6.09 Å². The zero-order chi connectivity index (χ0) is 6.41. The molecule has 4 nitrogen and oxygen atoms in total. The largest absolute Gasteiger partial charge is 0.448 e. The highest BCUT2D eigenvalue weighted by atomic mass is 16.5. The molecule has 0 aliphatic rings. The second kappa shape index (κ2) is 4.39. The van der Waals surface area contributed by atoms with Gasteiger partial charge in [-0.1, -0.05) is 0 Å². The first kappa shape index (κ1) is 7.23. The number of rotatable bonds is 3. The van der Waals surface area contributed by atoms with Gasteiger partial charge in [0.25, 0.3) is 0 Å². The minimum Gasteiger partial charge on any atom is -0.448 e. The van der Waals surface area contributed by atoms with Gasteiger partial charge in [-0.2, -0.15) is 0 Å².